The molecule has 3 aromatic carbocycles. The van der Waals surface area contributed by atoms with Crippen LogP contribution in [-0.2, 0) is 29.0 Å². The molecule has 194 valence electrons. The molecule has 0 aromatic heterocycles. The molecule has 2 amide bonds. The van der Waals surface area contributed by atoms with Gasteiger partial charge in [-0.05, 0) is 47.7 Å². The first-order valence-electron chi connectivity index (χ1n) is 12.7. The molecule has 1 aliphatic carbocycles. The zero-order chi connectivity index (χ0) is 26.2. The lowest BCUT2D eigenvalue weighted by Crippen LogP contribution is -2.53. The molecule has 0 heterocycles. The van der Waals surface area contributed by atoms with Crippen molar-refractivity contribution in [3.8, 4) is 0 Å². The fourth-order valence-corrected chi connectivity index (χ4v) is 5.35. The standard InChI is InChI=1S/C30H31Cl3N2O2/c31-25-14-8-7-11-23(25)20-35(29(36)19-22-15-16-26(32)27(33)17-22)28(18-21-9-3-1-4-10-21)30(37)34-24-12-5-2-6-13-24/h1,3-4,7-11,14-17,24,28H,2,5-6,12-13,18-20H2,(H,34,37). The molecular weight excluding hydrogens is 527 g/mol. The third-order valence-electron chi connectivity index (χ3n) is 6.86. The number of carbonyl (C=O) groups excluding carboxylic acids is 2. The largest absolute Gasteiger partial charge is 0.352 e. The second-order valence-electron chi connectivity index (χ2n) is 9.59. The van der Waals surface area contributed by atoms with Gasteiger partial charge in [0.15, 0.2) is 0 Å². The molecule has 0 aliphatic heterocycles. The highest BCUT2D eigenvalue weighted by atomic mass is 35.5. The molecule has 4 rings (SSSR count). The van der Waals surface area contributed by atoms with Crippen molar-refractivity contribution < 1.29 is 9.59 Å². The number of halogens is 3. The van der Waals surface area contributed by atoms with Crippen LogP contribution in [0.25, 0.3) is 0 Å². The van der Waals surface area contributed by atoms with Crippen LogP contribution >= 0.6 is 34.8 Å². The topological polar surface area (TPSA) is 49.4 Å². The number of nitrogens with zero attached hydrogens (tertiary/aromatic N) is 1. The lowest BCUT2D eigenvalue weighted by molar-refractivity contribution is -0.141. The van der Waals surface area contributed by atoms with Gasteiger partial charge in [0.1, 0.15) is 6.04 Å². The number of rotatable bonds is 9. The Labute approximate surface area is 233 Å². The van der Waals surface area contributed by atoms with Gasteiger partial charge in [-0.3, -0.25) is 9.59 Å². The van der Waals surface area contributed by atoms with E-state index in [0.717, 1.165) is 42.4 Å². The van der Waals surface area contributed by atoms with Gasteiger partial charge in [-0.15, -0.1) is 0 Å². The van der Waals surface area contributed by atoms with Gasteiger partial charge < -0.3 is 10.2 Å². The maximum atomic E-state index is 13.9. The highest BCUT2D eigenvalue weighted by molar-refractivity contribution is 6.42. The smallest absolute Gasteiger partial charge is 0.243 e. The van der Waals surface area contributed by atoms with Gasteiger partial charge in [-0.25, -0.2) is 0 Å². The van der Waals surface area contributed by atoms with Crippen molar-refractivity contribution in [3.05, 3.63) is 105 Å². The predicted octanol–water partition coefficient (Wildman–Crippen LogP) is 7.28. The molecule has 0 saturated heterocycles. The molecule has 1 N–H and O–H groups in total. The fraction of sp³-hybridized carbons (Fsp3) is 0.333. The van der Waals surface area contributed by atoms with Crippen LogP contribution in [0.15, 0.2) is 72.8 Å². The first-order valence-corrected chi connectivity index (χ1v) is 13.8. The van der Waals surface area contributed by atoms with Crippen LogP contribution in [0.5, 0.6) is 0 Å². The Balaban J connectivity index is 1.67. The second-order valence-corrected chi connectivity index (χ2v) is 10.8. The number of amides is 2. The second kappa shape index (κ2) is 13.3. The molecule has 3 aromatic rings. The van der Waals surface area contributed by atoms with Crippen LogP contribution in [0.1, 0.15) is 48.8 Å². The molecule has 1 atom stereocenters. The number of carbonyl (C=O) groups is 2. The van der Waals surface area contributed by atoms with E-state index in [0.29, 0.717) is 21.5 Å². The van der Waals surface area contributed by atoms with E-state index in [1.165, 1.54) is 6.42 Å². The molecule has 1 aliphatic rings. The van der Waals surface area contributed by atoms with Crippen molar-refractivity contribution >= 4 is 46.6 Å². The fourth-order valence-electron chi connectivity index (χ4n) is 4.83. The lowest BCUT2D eigenvalue weighted by atomic mass is 9.94. The number of nitrogens with one attached hydrogen (secondary N) is 1. The molecule has 7 heteroatoms. The normalized spacial score (nSPS) is 14.7. The Morgan fingerprint density at radius 3 is 2.22 bits per heavy atom. The van der Waals surface area contributed by atoms with Gasteiger partial charge in [0.2, 0.25) is 11.8 Å². The van der Waals surface area contributed by atoms with Crippen LogP contribution < -0.4 is 5.32 Å². The van der Waals surface area contributed by atoms with Crippen molar-refractivity contribution in [2.75, 3.05) is 0 Å². The van der Waals surface area contributed by atoms with Gasteiger partial charge in [0, 0.05) is 24.0 Å². The van der Waals surface area contributed by atoms with Crippen LogP contribution in [0.4, 0.5) is 0 Å². The first-order chi connectivity index (χ1) is 17.9. The Morgan fingerprint density at radius 1 is 0.811 bits per heavy atom. The Hall–Kier alpha value is -2.53. The van der Waals surface area contributed by atoms with E-state index >= 15 is 0 Å². The Bertz CT molecular complexity index is 1210. The summed E-state index contributed by atoms with van der Waals surface area (Å²) in [5.41, 5.74) is 2.50. The summed E-state index contributed by atoms with van der Waals surface area (Å²) in [5, 5.41) is 4.63. The molecule has 1 unspecified atom stereocenters. The van der Waals surface area contributed by atoms with Gasteiger partial charge in [0.05, 0.1) is 16.5 Å². The van der Waals surface area contributed by atoms with E-state index < -0.39 is 6.04 Å². The van der Waals surface area contributed by atoms with E-state index in [9.17, 15) is 9.59 Å². The average molecular weight is 558 g/mol. The summed E-state index contributed by atoms with van der Waals surface area (Å²) in [6.07, 6.45) is 5.82. The summed E-state index contributed by atoms with van der Waals surface area (Å²) < 4.78 is 0. The molecule has 4 nitrogen and oxygen atoms in total. The lowest BCUT2D eigenvalue weighted by Gasteiger charge is -2.34. The SMILES string of the molecule is O=C(NC1CCCCC1)C(Cc1ccccc1)N(Cc1ccccc1Cl)C(=O)Cc1ccc(Cl)c(Cl)c1. The maximum Gasteiger partial charge on any atom is 0.243 e. The summed E-state index contributed by atoms with van der Waals surface area (Å²) in [5.74, 6) is -0.316. The molecular formula is C30H31Cl3N2O2. The molecule has 0 spiro atoms. The zero-order valence-corrected chi connectivity index (χ0v) is 22.9. The first kappa shape index (κ1) is 27.5. The minimum absolute atomic E-state index is 0.0866. The Morgan fingerprint density at radius 2 is 1.51 bits per heavy atom. The van der Waals surface area contributed by atoms with Gasteiger partial charge in [-0.1, -0.05) is 109 Å². The predicted molar refractivity (Wildman–Crippen MR) is 151 cm³/mol. The number of benzene rings is 3. The van der Waals surface area contributed by atoms with E-state index in [2.05, 4.69) is 5.32 Å². The minimum atomic E-state index is -0.698. The third-order valence-corrected chi connectivity index (χ3v) is 7.97. The molecule has 37 heavy (non-hydrogen) atoms. The summed E-state index contributed by atoms with van der Waals surface area (Å²) >= 11 is 18.8. The molecule has 1 fully saturated rings. The number of hydrogen-bond acceptors (Lipinski definition) is 2. The van der Waals surface area contributed by atoms with Crippen molar-refractivity contribution in [2.24, 2.45) is 0 Å². The van der Waals surface area contributed by atoms with E-state index in [1.54, 1.807) is 29.2 Å². The van der Waals surface area contributed by atoms with Gasteiger partial charge >= 0.3 is 0 Å². The van der Waals surface area contributed by atoms with Crippen LogP contribution in [0, 0.1) is 0 Å². The summed E-state index contributed by atoms with van der Waals surface area (Å²) in [7, 11) is 0. The molecule has 1 saturated carbocycles. The summed E-state index contributed by atoms with van der Waals surface area (Å²) in [6, 6.07) is 21.8. The van der Waals surface area contributed by atoms with Crippen LogP contribution in [0.2, 0.25) is 15.1 Å². The molecule has 0 bridgehead atoms. The monoisotopic (exact) mass is 556 g/mol. The third kappa shape index (κ3) is 7.73. The minimum Gasteiger partial charge on any atom is -0.352 e. The van der Waals surface area contributed by atoms with E-state index in [-0.39, 0.29) is 30.8 Å². The highest BCUT2D eigenvalue weighted by Gasteiger charge is 2.32. The van der Waals surface area contributed by atoms with E-state index in [1.807, 2.05) is 48.5 Å². The average Bonchev–Trinajstić information content (AvgIpc) is 2.90. The Kier molecular flexibility index (Phi) is 9.90. The number of hydrogen-bond donors (Lipinski definition) is 1. The highest BCUT2D eigenvalue weighted by Crippen LogP contribution is 2.25. The summed E-state index contributed by atoms with van der Waals surface area (Å²) in [6.45, 7) is 0.218. The van der Waals surface area contributed by atoms with Crippen molar-refractivity contribution in [3.63, 3.8) is 0 Å². The zero-order valence-electron chi connectivity index (χ0n) is 20.6. The molecule has 0 radical (unpaired) electrons. The van der Waals surface area contributed by atoms with Crippen LogP contribution in [-0.4, -0.2) is 28.8 Å². The van der Waals surface area contributed by atoms with Crippen molar-refractivity contribution in [1.82, 2.24) is 10.2 Å². The van der Waals surface area contributed by atoms with E-state index in [4.69, 9.17) is 34.8 Å². The maximum absolute atomic E-state index is 13.9. The van der Waals surface area contributed by atoms with Gasteiger partial charge in [0.25, 0.3) is 0 Å². The van der Waals surface area contributed by atoms with Crippen molar-refractivity contribution in [1.29, 1.82) is 0 Å². The van der Waals surface area contributed by atoms with Crippen molar-refractivity contribution in [2.45, 2.75) is 63.6 Å². The summed E-state index contributed by atoms with van der Waals surface area (Å²) in [4.78, 5) is 29.4. The quantitative estimate of drug-likeness (QED) is 0.301. The van der Waals surface area contributed by atoms with Gasteiger partial charge in [-0.2, -0.15) is 0 Å². The van der Waals surface area contributed by atoms with Crippen LogP contribution in [0.3, 0.4) is 0 Å².